The molecule has 0 spiro atoms. The summed E-state index contributed by atoms with van der Waals surface area (Å²) in [5.74, 6) is 1.18. The van der Waals surface area contributed by atoms with Crippen LogP contribution >= 0.6 is 0 Å². The number of pyridine rings is 1. The molecule has 1 amide bonds. The number of carbonyl (C=O) groups is 1. The third-order valence-corrected chi connectivity index (χ3v) is 6.43. The van der Waals surface area contributed by atoms with Gasteiger partial charge in [-0.1, -0.05) is 36.4 Å². The molecule has 7 nitrogen and oxygen atoms in total. The fraction of sp³-hybridized carbons (Fsp3) is 0.448. The molecule has 1 aromatic heterocycles. The van der Waals surface area contributed by atoms with Gasteiger partial charge in [-0.2, -0.15) is 0 Å². The summed E-state index contributed by atoms with van der Waals surface area (Å²) in [5.41, 5.74) is 2.07. The maximum Gasteiger partial charge on any atom is 0.273 e. The predicted octanol–water partition coefficient (Wildman–Crippen LogP) is 4.83. The molecule has 0 bridgehead atoms. The van der Waals surface area contributed by atoms with Crippen LogP contribution in [-0.2, 0) is 11.3 Å². The number of nitrogens with one attached hydrogen (secondary N) is 1. The number of nitrogens with zero attached hydrogens (tertiary/aromatic N) is 2. The lowest BCUT2D eigenvalue weighted by Crippen LogP contribution is -2.51. The predicted molar refractivity (Wildman–Crippen MR) is 142 cm³/mol. The molecule has 3 aromatic rings. The summed E-state index contributed by atoms with van der Waals surface area (Å²) < 4.78 is 17.5. The smallest absolute Gasteiger partial charge is 0.273 e. The van der Waals surface area contributed by atoms with Crippen LogP contribution in [0, 0.1) is 0 Å². The Balaban J connectivity index is 1.70. The fourth-order valence-corrected chi connectivity index (χ4v) is 4.68. The second-order valence-corrected chi connectivity index (χ2v) is 9.43. The van der Waals surface area contributed by atoms with Crippen LogP contribution in [0.1, 0.15) is 49.2 Å². The average molecular weight is 492 g/mol. The van der Waals surface area contributed by atoms with E-state index in [1.165, 1.54) is 0 Å². The Kier molecular flexibility index (Phi) is 9.14. The number of piperidine rings is 1. The van der Waals surface area contributed by atoms with E-state index in [4.69, 9.17) is 19.2 Å². The standard InChI is InChI=1S/C29H37N3O4/c1-21(2)32(23-12-8-15-30-19-23)29(33)25-18-27(35-17-9-16-34-3)24-13-7-14-26(28(24)31-25)36-20-22-10-5-4-6-11-22/h4-7,10-11,13-14,18,21,23,30H,8-9,12,15-17,19-20H2,1-3H3/t23-/m1/s1. The first-order chi connectivity index (χ1) is 17.6. The average Bonchev–Trinajstić information content (AvgIpc) is 2.90. The quantitative estimate of drug-likeness (QED) is 0.387. The molecule has 0 unspecified atom stereocenters. The van der Waals surface area contributed by atoms with Crippen molar-refractivity contribution in [3.63, 3.8) is 0 Å². The third-order valence-electron chi connectivity index (χ3n) is 6.43. The summed E-state index contributed by atoms with van der Waals surface area (Å²) in [6.45, 7) is 7.41. The molecule has 1 fully saturated rings. The number of benzene rings is 2. The monoisotopic (exact) mass is 491 g/mol. The molecule has 0 saturated carbocycles. The largest absolute Gasteiger partial charge is 0.493 e. The Hall–Kier alpha value is -3.16. The topological polar surface area (TPSA) is 72.9 Å². The van der Waals surface area contributed by atoms with E-state index in [1.807, 2.05) is 53.4 Å². The molecule has 7 heteroatoms. The van der Waals surface area contributed by atoms with E-state index in [0.717, 1.165) is 43.3 Å². The number of fused-ring (bicyclic) bond motifs is 1. The Morgan fingerprint density at radius 1 is 1.08 bits per heavy atom. The molecule has 1 N–H and O–H groups in total. The van der Waals surface area contributed by atoms with Crippen molar-refractivity contribution in [3.8, 4) is 11.5 Å². The molecule has 192 valence electrons. The van der Waals surface area contributed by atoms with Crippen molar-refractivity contribution in [2.24, 2.45) is 0 Å². The van der Waals surface area contributed by atoms with Gasteiger partial charge in [0.05, 0.1) is 6.61 Å². The van der Waals surface area contributed by atoms with Gasteiger partial charge in [-0.3, -0.25) is 4.79 Å². The summed E-state index contributed by atoms with van der Waals surface area (Å²) in [7, 11) is 1.68. The van der Waals surface area contributed by atoms with Gasteiger partial charge in [0, 0.05) is 50.2 Å². The zero-order valence-electron chi connectivity index (χ0n) is 21.5. The maximum atomic E-state index is 13.9. The van der Waals surface area contributed by atoms with Crippen LogP contribution in [0.5, 0.6) is 11.5 Å². The van der Waals surface area contributed by atoms with Crippen LogP contribution in [-0.4, -0.2) is 61.3 Å². The highest BCUT2D eigenvalue weighted by molar-refractivity contribution is 5.98. The maximum absolute atomic E-state index is 13.9. The lowest BCUT2D eigenvalue weighted by atomic mass is 10.0. The van der Waals surface area contributed by atoms with Crippen molar-refractivity contribution < 1.29 is 19.0 Å². The normalized spacial score (nSPS) is 15.7. The first-order valence-corrected chi connectivity index (χ1v) is 12.8. The molecule has 1 aliphatic rings. The number of amides is 1. The Labute approximate surface area is 213 Å². The van der Waals surface area contributed by atoms with Crippen molar-refractivity contribution in [1.29, 1.82) is 0 Å². The van der Waals surface area contributed by atoms with Crippen molar-refractivity contribution in [2.75, 3.05) is 33.4 Å². The van der Waals surface area contributed by atoms with Gasteiger partial charge >= 0.3 is 0 Å². The summed E-state index contributed by atoms with van der Waals surface area (Å²) in [5, 5.41) is 4.25. The number of ether oxygens (including phenoxy) is 3. The number of para-hydroxylation sites is 1. The second kappa shape index (κ2) is 12.7. The van der Waals surface area contributed by atoms with Gasteiger partial charge in [0.15, 0.2) is 0 Å². The highest BCUT2D eigenvalue weighted by Crippen LogP contribution is 2.33. The Morgan fingerprint density at radius 3 is 2.64 bits per heavy atom. The molecule has 0 radical (unpaired) electrons. The van der Waals surface area contributed by atoms with Crippen molar-refractivity contribution in [1.82, 2.24) is 15.2 Å². The first kappa shape index (κ1) is 25.9. The molecule has 1 aliphatic heterocycles. The Bertz CT molecular complexity index is 1130. The molecular weight excluding hydrogens is 454 g/mol. The molecule has 1 saturated heterocycles. The zero-order chi connectivity index (χ0) is 25.3. The van der Waals surface area contributed by atoms with Crippen LogP contribution in [0.25, 0.3) is 10.9 Å². The second-order valence-electron chi connectivity index (χ2n) is 9.43. The van der Waals surface area contributed by atoms with Gasteiger partial charge in [0.1, 0.15) is 29.3 Å². The summed E-state index contributed by atoms with van der Waals surface area (Å²) in [6, 6.07) is 17.8. The Morgan fingerprint density at radius 2 is 1.92 bits per heavy atom. The first-order valence-electron chi connectivity index (χ1n) is 12.8. The molecule has 4 rings (SSSR count). The molecule has 1 atom stereocenters. The van der Waals surface area contributed by atoms with Crippen LogP contribution in [0.3, 0.4) is 0 Å². The van der Waals surface area contributed by atoms with Crippen molar-refractivity contribution >= 4 is 16.8 Å². The van der Waals surface area contributed by atoms with E-state index < -0.39 is 0 Å². The lowest BCUT2D eigenvalue weighted by Gasteiger charge is -2.37. The zero-order valence-corrected chi connectivity index (χ0v) is 21.5. The summed E-state index contributed by atoms with van der Waals surface area (Å²) in [4.78, 5) is 20.7. The minimum absolute atomic E-state index is 0.0514. The fourth-order valence-electron chi connectivity index (χ4n) is 4.68. The van der Waals surface area contributed by atoms with Gasteiger partial charge < -0.3 is 24.4 Å². The minimum atomic E-state index is -0.0831. The van der Waals surface area contributed by atoms with Gasteiger partial charge in [0.2, 0.25) is 0 Å². The molecular formula is C29H37N3O4. The van der Waals surface area contributed by atoms with Crippen LogP contribution < -0.4 is 14.8 Å². The van der Waals surface area contributed by atoms with Crippen LogP contribution in [0.15, 0.2) is 54.6 Å². The number of aromatic nitrogens is 1. The molecule has 2 aromatic carbocycles. The summed E-state index contributed by atoms with van der Waals surface area (Å²) in [6.07, 6.45) is 2.79. The SMILES string of the molecule is COCCCOc1cc(C(=O)N(C(C)C)[C@@H]2CCCNC2)nc2c(OCc3ccccc3)cccc12. The highest BCUT2D eigenvalue weighted by Gasteiger charge is 2.30. The van der Waals surface area contributed by atoms with E-state index in [2.05, 4.69) is 19.2 Å². The minimum Gasteiger partial charge on any atom is -0.493 e. The van der Waals surface area contributed by atoms with Gasteiger partial charge in [-0.25, -0.2) is 4.98 Å². The number of rotatable bonds is 11. The van der Waals surface area contributed by atoms with E-state index in [9.17, 15) is 4.79 Å². The molecule has 36 heavy (non-hydrogen) atoms. The van der Waals surface area contributed by atoms with Crippen molar-refractivity contribution in [3.05, 3.63) is 65.9 Å². The third kappa shape index (κ3) is 6.33. The van der Waals surface area contributed by atoms with E-state index >= 15 is 0 Å². The van der Waals surface area contributed by atoms with Gasteiger partial charge in [-0.05, 0) is 50.9 Å². The summed E-state index contributed by atoms with van der Waals surface area (Å²) >= 11 is 0. The van der Waals surface area contributed by atoms with Crippen LogP contribution in [0.2, 0.25) is 0 Å². The van der Waals surface area contributed by atoms with Gasteiger partial charge in [-0.15, -0.1) is 0 Å². The number of carbonyl (C=O) groups excluding carboxylic acids is 1. The molecule has 0 aliphatic carbocycles. The molecule has 2 heterocycles. The van der Waals surface area contributed by atoms with Crippen molar-refractivity contribution in [2.45, 2.75) is 51.8 Å². The van der Waals surface area contributed by atoms with Gasteiger partial charge in [0.25, 0.3) is 5.91 Å². The lowest BCUT2D eigenvalue weighted by molar-refractivity contribution is 0.0567. The van der Waals surface area contributed by atoms with E-state index in [-0.39, 0.29) is 18.0 Å². The van der Waals surface area contributed by atoms with E-state index in [1.54, 1.807) is 13.2 Å². The number of hydrogen-bond acceptors (Lipinski definition) is 6. The van der Waals surface area contributed by atoms with Crippen LogP contribution in [0.4, 0.5) is 0 Å². The van der Waals surface area contributed by atoms with E-state index in [0.29, 0.717) is 42.5 Å². The number of methoxy groups -OCH3 is 1. The highest BCUT2D eigenvalue weighted by atomic mass is 16.5. The number of hydrogen-bond donors (Lipinski definition) is 1.